The zero-order chi connectivity index (χ0) is 21.5. The van der Waals surface area contributed by atoms with E-state index >= 15 is 0 Å². The number of furan rings is 1. The highest BCUT2D eigenvalue weighted by Gasteiger charge is 2.20. The number of allylic oxidation sites excluding steroid dienone is 4. The molecule has 0 bridgehead atoms. The molecule has 5 aromatic rings. The van der Waals surface area contributed by atoms with Gasteiger partial charge in [-0.05, 0) is 70.5 Å². The summed E-state index contributed by atoms with van der Waals surface area (Å²) in [4.78, 5) is 0. The van der Waals surface area contributed by atoms with Crippen molar-refractivity contribution in [3.63, 3.8) is 0 Å². The predicted molar refractivity (Wildman–Crippen MR) is 135 cm³/mol. The zero-order valence-electron chi connectivity index (χ0n) is 17.5. The largest absolute Gasteiger partial charge is 0.456 e. The van der Waals surface area contributed by atoms with Gasteiger partial charge in [0.05, 0.1) is 0 Å². The van der Waals surface area contributed by atoms with Crippen molar-refractivity contribution < 1.29 is 4.42 Å². The Labute approximate surface area is 192 Å². The molecule has 1 aliphatic rings. The maximum atomic E-state index is 6.54. The van der Waals surface area contributed by atoms with E-state index in [0.717, 1.165) is 40.0 Å². The summed E-state index contributed by atoms with van der Waals surface area (Å²) in [5, 5.41) is 3.05. The molecule has 32 heavy (non-hydrogen) atoms. The van der Waals surface area contributed by atoms with E-state index in [1.807, 2.05) is 18.2 Å². The summed E-state index contributed by atoms with van der Waals surface area (Å²) < 4.78 is 6.24. The van der Waals surface area contributed by atoms with Crippen LogP contribution in [-0.2, 0) is 12.8 Å². The number of fused-ring (bicyclic) bond motifs is 9. The van der Waals surface area contributed by atoms with Crippen LogP contribution < -0.4 is 0 Å². The fourth-order valence-corrected chi connectivity index (χ4v) is 4.98. The smallest absolute Gasteiger partial charge is 0.136 e. The molecular weight excluding hydrogens is 412 g/mol. The molecule has 1 aromatic heterocycles. The van der Waals surface area contributed by atoms with Crippen molar-refractivity contribution in [3.8, 4) is 22.3 Å². The number of rotatable bonds is 0. The van der Waals surface area contributed by atoms with Crippen molar-refractivity contribution in [2.75, 3.05) is 0 Å². The predicted octanol–water partition coefficient (Wildman–Crippen LogP) is 8.78. The van der Waals surface area contributed by atoms with Crippen LogP contribution in [0, 0.1) is 0 Å². The fraction of sp³-hybridized carbons (Fsp3) is 0.0667. The SMILES string of the molecule is Clc1ccc2c(c1)-c1ccccc1CC=CC=CCc1ccc3oc4ccccc4c3c1-2. The van der Waals surface area contributed by atoms with Crippen LogP contribution in [0.3, 0.4) is 0 Å². The van der Waals surface area contributed by atoms with Gasteiger partial charge < -0.3 is 4.42 Å². The van der Waals surface area contributed by atoms with Crippen molar-refractivity contribution in [1.29, 1.82) is 0 Å². The normalized spacial score (nSPS) is 13.3. The Balaban J connectivity index is 1.78. The van der Waals surface area contributed by atoms with Crippen LogP contribution in [0.5, 0.6) is 0 Å². The molecule has 1 heterocycles. The van der Waals surface area contributed by atoms with E-state index in [2.05, 4.69) is 85.0 Å². The second kappa shape index (κ2) is 7.85. The monoisotopic (exact) mass is 432 g/mol. The van der Waals surface area contributed by atoms with Crippen LogP contribution in [0.1, 0.15) is 11.1 Å². The molecule has 0 radical (unpaired) electrons. The minimum Gasteiger partial charge on any atom is -0.456 e. The van der Waals surface area contributed by atoms with E-state index in [4.69, 9.17) is 16.0 Å². The Morgan fingerprint density at radius 2 is 1.41 bits per heavy atom. The molecule has 1 nitrogen and oxygen atoms in total. The van der Waals surface area contributed by atoms with E-state index < -0.39 is 0 Å². The second-order valence-corrected chi connectivity index (χ2v) is 8.62. The molecule has 2 heteroatoms. The zero-order valence-corrected chi connectivity index (χ0v) is 18.3. The molecule has 0 N–H and O–H groups in total. The topological polar surface area (TPSA) is 13.1 Å². The number of benzene rings is 4. The molecule has 0 unspecified atom stereocenters. The number of halogens is 1. The second-order valence-electron chi connectivity index (χ2n) is 8.18. The van der Waals surface area contributed by atoms with Crippen molar-refractivity contribution >= 4 is 33.5 Å². The van der Waals surface area contributed by atoms with Crippen molar-refractivity contribution in [2.45, 2.75) is 12.8 Å². The van der Waals surface area contributed by atoms with Gasteiger partial charge in [0, 0.05) is 15.8 Å². The van der Waals surface area contributed by atoms with Crippen LogP contribution >= 0.6 is 11.6 Å². The molecule has 0 aliphatic heterocycles. The maximum Gasteiger partial charge on any atom is 0.136 e. The Morgan fingerprint density at radius 1 is 0.625 bits per heavy atom. The van der Waals surface area contributed by atoms with Gasteiger partial charge in [0.15, 0.2) is 0 Å². The van der Waals surface area contributed by atoms with Gasteiger partial charge in [-0.3, -0.25) is 0 Å². The van der Waals surface area contributed by atoms with Crippen LogP contribution in [0.25, 0.3) is 44.2 Å². The third-order valence-corrected chi connectivity index (χ3v) is 6.48. The molecule has 0 atom stereocenters. The first-order valence-electron chi connectivity index (χ1n) is 10.9. The van der Waals surface area contributed by atoms with E-state index in [1.165, 1.54) is 33.2 Å². The lowest BCUT2D eigenvalue weighted by molar-refractivity contribution is 0.669. The molecule has 0 saturated carbocycles. The number of para-hydroxylation sites is 1. The molecule has 0 amide bonds. The summed E-state index contributed by atoms with van der Waals surface area (Å²) in [7, 11) is 0. The van der Waals surface area contributed by atoms with Crippen LogP contribution in [-0.4, -0.2) is 0 Å². The van der Waals surface area contributed by atoms with E-state index in [9.17, 15) is 0 Å². The molecule has 1 aliphatic carbocycles. The minimum atomic E-state index is 0.742. The molecule has 4 aromatic carbocycles. The average Bonchev–Trinajstić information content (AvgIpc) is 3.19. The van der Waals surface area contributed by atoms with Crippen LogP contribution in [0.15, 0.2) is 108 Å². The first-order valence-corrected chi connectivity index (χ1v) is 11.3. The van der Waals surface area contributed by atoms with Crippen molar-refractivity contribution in [1.82, 2.24) is 0 Å². The highest BCUT2D eigenvalue weighted by atomic mass is 35.5. The quantitative estimate of drug-likeness (QED) is 0.238. The minimum absolute atomic E-state index is 0.742. The summed E-state index contributed by atoms with van der Waals surface area (Å²) in [6.07, 6.45) is 10.5. The highest BCUT2D eigenvalue weighted by Crippen LogP contribution is 2.44. The number of hydrogen-bond donors (Lipinski definition) is 0. The van der Waals surface area contributed by atoms with E-state index in [-0.39, 0.29) is 0 Å². The average molecular weight is 433 g/mol. The van der Waals surface area contributed by atoms with E-state index in [0.29, 0.717) is 0 Å². The van der Waals surface area contributed by atoms with Gasteiger partial charge in [0.2, 0.25) is 0 Å². The lowest BCUT2D eigenvalue weighted by atomic mass is 9.86. The van der Waals surface area contributed by atoms with Gasteiger partial charge >= 0.3 is 0 Å². The Hall–Kier alpha value is -3.55. The van der Waals surface area contributed by atoms with Crippen LogP contribution in [0.2, 0.25) is 5.02 Å². The first-order chi connectivity index (χ1) is 15.8. The Kier molecular flexibility index (Phi) is 4.70. The maximum absolute atomic E-state index is 6.54. The highest BCUT2D eigenvalue weighted by molar-refractivity contribution is 6.31. The molecule has 0 saturated heterocycles. The molecule has 6 rings (SSSR count). The molecule has 0 spiro atoms. The van der Waals surface area contributed by atoms with Crippen LogP contribution in [0.4, 0.5) is 0 Å². The van der Waals surface area contributed by atoms with E-state index in [1.54, 1.807) is 0 Å². The summed E-state index contributed by atoms with van der Waals surface area (Å²) in [6, 6.07) is 27.5. The summed E-state index contributed by atoms with van der Waals surface area (Å²) in [5.74, 6) is 0. The molecular formula is C30H21ClO. The van der Waals surface area contributed by atoms with Gasteiger partial charge in [0.1, 0.15) is 11.2 Å². The van der Waals surface area contributed by atoms with Gasteiger partial charge in [-0.15, -0.1) is 0 Å². The van der Waals surface area contributed by atoms with Gasteiger partial charge in [-0.25, -0.2) is 0 Å². The summed E-state index contributed by atoms with van der Waals surface area (Å²) >= 11 is 6.54. The Bertz CT molecular complexity index is 1530. The third kappa shape index (κ3) is 3.18. The summed E-state index contributed by atoms with van der Waals surface area (Å²) in [5.41, 5.74) is 9.17. The van der Waals surface area contributed by atoms with Crippen molar-refractivity contribution in [3.05, 3.63) is 119 Å². The molecule has 154 valence electrons. The molecule has 0 fully saturated rings. The lowest BCUT2D eigenvalue weighted by Crippen LogP contribution is -1.95. The van der Waals surface area contributed by atoms with Gasteiger partial charge in [-0.2, -0.15) is 0 Å². The van der Waals surface area contributed by atoms with Crippen molar-refractivity contribution in [2.24, 2.45) is 0 Å². The number of hydrogen-bond acceptors (Lipinski definition) is 1. The van der Waals surface area contributed by atoms with Gasteiger partial charge in [-0.1, -0.05) is 90.5 Å². The standard InChI is InChI=1S/C30H21ClO/c31-22-16-17-24-26(19-22)23-12-6-5-10-20(23)9-3-1-2-4-11-21-15-18-28-30(29(21)24)25-13-7-8-14-27(25)32-28/h1-8,10,12-19H,9,11H2. The van der Waals surface area contributed by atoms with Gasteiger partial charge in [0.25, 0.3) is 0 Å². The summed E-state index contributed by atoms with van der Waals surface area (Å²) in [6.45, 7) is 0. The first kappa shape index (κ1) is 19.2. The lowest BCUT2D eigenvalue weighted by Gasteiger charge is -2.18. The Morgan fingerprint density at radius 3 is 2.31 bits per heavy atom. The fourth-order valence-electron chi connectivity index (χ4n) is 4.80. The third-order valence-electron chi connectivity index (χ3n) is 6.25.